The van der Waals surface area contributed by atoms with Crippen LogP contribution in [0.5, 0.6) is 0 Å². The van der Waals surface area contributed by atoms with Gasteiger partial charge in [0, 0.05) is 25.2 Å². The van der Waals surface area contributed by atoms with Gasteiger partial charge in [0.05, 0.1) is 0 Å². The Kier molecular flexibility index (Phi) is 2.14. The lowest BCUT2D eigenvalue weighted by atomic mass is 10.3. The molecule has 4 nitrogen and oxygen atoms in total. The van der Waals surface area contributed by atoms with Crippen molar-refractivity contribution in [3.05, 3.63) is 5.51 Å². The standard InChI is InChI=1S/C9H14N4S/c1-2-8(1)13-4-3-7(5-13)11-9-12-10-6-14-9/h6-8H,1-5H2,(H,11,12). The predicted molar refractivity (Wildman–Crippen MR) is 56.5 cm³/mol. The molecule has 0 bridgehead atoms. The molecule has 3 rings (SSSR count). The number of nitrogens with one attached hydrogen (secondary N) is 1. The van der Waals surface area contributed by atoms with Gasteiger partial charge in [-0.2, -0.15) is 0 Å². The minimum Gasteiger partial charge on any atom is -0.356 e. The largest absolute Gasteiger partial charge is 0.356 e. The first kappa shape index (κ1) is 8.61. The lowest BCUT2D eigenvalue weighted by Crippen LogP contribution is -2.27. The molecule has 1 saturated heterocycles. The number of anilines is 1. The highest BCUT2D eigenvalue weighted by atomic mass is 32.1. The second-order valence-corrected chi connectivity index (χ2v) is 4.93. The topological polar surface area (TPSA) is 41.1 Å². The van der Waals surface area contributed by atoms with Crippen LogP contribution in [0.3, 0.4) is 0 Å². The van der Waals surface area contributed by atoms with Crippen LogP contribution in [0.2, 0.25) is 0 Å². The van der Waals surface area contributed by atoms with E-state index >= 15 is 0 Å². The minimum atomic E-state index is 0.587. The first-order valence-electron chi connectivity index (χ1n) is 5.18. The van der Waals surface area contributed by atoms with Crippen LogP contribution < -0.4 is 5.32 Å². The molecule has 1 aromatic heterocycles. The van der Waals surface area contributed by atoms with Gasteiger partial charge in [0.15, 0.2) is 0 Å². The molecule has 0 radical (unpaired) electrons. The molecule has 2 fully saturated rings. The van der Waals surface area contributed by atoms with Crippen molar-refractivity contribution >= 4 is 16.5 Å². The SMILES string of the molecule is c1nnc(NC2CCN(C3CC3)C2)s1. The molecule has 76 valence electrons. The lowest BCUT2D eigenvalue weighted by molar-refractivity contribution is 0.326. The zero-order chi connectivity index (χ0) is 9.38. The van der Waals surface area contributed by atoms with Crippen LogP contribution in [-0.2, 0) is 0 Å². The first-order valence-corrected chi connectivity index (χ1v) is 6.06. The lowest BCUT2D eigenvalue weighted by Gasteiger charge is -2.14. The van der Waals surface area contributed by atoms with E-state index in [1.165, 1.54) is 32.4 Å². The Morgan fingerprint density at radius 2 is 2.36 bits per heavy atom. The van der Waals surface area contributed by atoms with Crippen molar-refractivity contribution in [2.45, 2.75) is 31.3 Å². The summed E-state index contributed by atoms with van der Waals surface area (Å²) < 4.78 is 0. The quantitative estimate of drug-likeness (QED) is 0.813. The van der Waals surface area contributed by atoms with Gasteiger partial charge >= 0.3 is 0 Å². The third-order valence-corrected chi connectivity index (χ3v) is 3.59. The molecule has 1 aromatic rings. The van der Waals surface area contributed by atoms with E-state index < -0.39 is 0 Å². The van der Waals surface area contributed by atoms with Crippen LogP contribution in [0.4, 0.5) is 5.13 Å². The molecule has 2 heterocycles. The molecule has 2 aliphatic rings. The number of hydrogen-bond donors (Lipinski definition) is 1. The molecular formula is C9H14N4S. The fraction of sp³-hybridized carbons (Fsp3) is 0.778. The number of nitrogens with zero attached hydrogens (tertiary/aromatic N) is 3. The molecule has 0 aromatic carbocycles. The van der Waals surface area contributed by atoms with Crippen LogP contribution in [0, 0.1) is 0 Å². The molecule has 1 aliphatic carbocycles. The summed E-state index contributed by atoms with van der Waals surface area (Å²) in [5, 5.41) is 12.2. The van der Waals surface area contributed by atoms with E-state index in [0.717, 1.165) is 11.2 Å². The van der Waals surface area contributed by atoms with Gasteiger partial charge in [-0.1, -0.05) is 11.3 Å². The number of likely N-dealkylation sites (tertiary alicyclic amines) is 1. The van der Waals surface area contributed by atoms with Crippen LogP contribution in [0.15, 0.2) is 5.51 Å². The van der Waals surface area contributed by atoms with Gasteiger partial charge in [-0.05, 0) is 19.3 Å². The maximum absolute atomic E-state index is 4.00. The normalized spacial score (nSPS) is 28.1. The highest BCUT2D eigenvalue weighted by Crippen LogP contribution is 2.30. The van der Waals surface area contributed by atoms with Gasteiger partial charge in [0.25, 0.3) is 0 Å². The van der Waals surface area contributed by atoms with Gasteiger partial charge in [-0.3, -0.25) is 4.90 Å². The van der Waals surface area contributed by atoms with E-state index in [1.807, 2.05) is 0 Å². The summed E-state index contributed by atoms with van der Waals surface area (Å²) in [6.07, 6.45) is 4.06. The summed E-state index contributed by atoms with van der Waals surface area (Å²) in [5.74, 6) is 0. The summed E-state index contributed by atoms with van der Waals surface area (Å²) >= 11 is 1.58. The van der Waals surface area contributed by atoms with Crippen LogP contribution in [-0.4, -0.2) is 40.3 Å². The Labute approximate surface area is 87.3 Å². The van der Waals surface area contributed by atoms with Gasteiger partial charge in [-0.15, -0.1) is 10.2 Å². The zero-order valence-electron chi connectivity index (χ0n) is 8.02. The Hall–Kier alpha value is -0.680. The molecule has 1 saturated carbocycles. The van der Waals surface area contributed by atoms with Crippen LogP contribution >= 0.6 is 11.3 Å². The van der Waals surface area contributed by atoms with E-state index in [-0.39, 0.29) is 0 Å². The molecule has 5 heteroatoms. The minimum absolute atomic E-state index is 0.587. The summed E-state index contributed by atoms with van der Waals surface area (Å²) in [6, 6.07) is 1.49. The van der Waals surface area contributed by atoms with Gasteiger partial charge in [-0.25, -0.2) is 0 Å². The van der Waals surface area contributed by atoms with E-state index in [2.05, 4.69) is 20.4 Å². The van der Waals surface area contributed by atoms with Crippen LogP contribution in [0.1, 0.15) is 19.3 Å². The maximum Gasteiger partial charge on any atom is 0.205 e. The van der Waals surface area contributed by atoms with Crippen molar-refractivity contribution < 1.29 is 0 Å². The fourth-order valence-electron chi connectivity index (χ4n) is 2.09. The molecule has 0 amide bonds. The third kappa shape index (κ3) is 1.74. The van der Waals surface area contributed by atoms with Crippen molar-refractivity contribution in [1.29, 1.82) is 0 Å². The molecule has 14 heavy (non-hydrogen) atoms. The second-order valence-electron chi connectivity index (χ2n) is 4.10. The van der Waals surface area contributed by atoms with Crippen LogP contribution in [0.25, 0.3) is 0 Å². The highest BCUT2D eigenvalue weighted by molar-refractivity contribution is 7.13. The van der Waals surface area contributed by atoms with Gasteiger partial charge in [0.2, 0.25) is 5.13 Å². The van der Waals surface area contributed by atoms with Crippen molar-refractivity contribution in [2.75, 3.05) is 18.4 Å². The van der Waals surface area contributed by atoms with Gasteiger partial charge < -0.3 is 5.32 Å². The molecule has 1 aliphatic heterocycles. The van der Waals surface area contributed by atoms with Crippen molar-refractivity contribution in [1.82, 2.24) is 15.1 Å². The van der Waals surface area contributed by atoms with Gasteiger partial charge in [0.1, 0.15) is 5.51 Å². The Balaban J connectivity index is 1.55. The molecular weight excluding hydrogens is 196 g/mol. The summed E-state index contributed by atoms with van der Waals surface area (Å²) in [7, 11) is 0. The number of rotatable bonds is 3. The van der Waals surface area contributed by atoms with E-state index in [0.29, 0.717) is 6.04 Å². The monoisotopic (exact) mass is 210 g/mol. The predicted octanol–water partition coefficient (Wildman–Crippen LogP) is 1.19. The van der Waals surface area contributed by atoms with Crippen molar-refractivity contribution in [2.24, 2.45) is 0 Å². The third-order valence-electron chi connectivity index (χ3n) is 2.97. The summed E-state index contributed by atoms with van der Waals surface area (Å²) in [4.78, 5) is 2.60. The van der Waals surface area contributed by atoms with Crippen molar-refractivity contribution in [3.8, 4) is 0 Å². The van der Waals surface area contributed by atoms with E-state index in [9.17, 15) is 0 Å². The number of hydrogen-bond acceptors (Lipinski definition) is 5. The van der Waals surface area contributed by atoms with Crippen molar-refractivity contribution in [3.63, 3.8) is 0 Å². The highest BCUT2D eigenvalue weighted by Gasteiger charge is 2.34. The fourth-order valence-corrected chi connectivity index (χ4v) is 2.61. The number of aromatic nitrogens is 2. The Bertz CT molecular complexity index is 296. The summed E-state index contributed by atoms with van der Waals surface area (Å²) in [6.45, 7) is 2.44. The van der Waals surface area contributed by atoms with E-state index in [4.69, 9.17) is 0 Å². The Morgan fingerprint density at radius 3 is 3.07 bits per heavy atom. The summed E-state index contributed by atoms with van der Waals surface area (Å²) in [5.41, 5.74) is 1.77. The molecule has 1 N–H and O–H groups in total. The van der Waals surface area contributed by atoms with E-state index in [1.54, 1.807) is 16.8 Å². The molecule has 0 spiro atoms. The second kappa shape index (κ2) is 3.47. The average molecular weight is 210 g/mol. The molecule has 1 atom stereocenters. The maximum atomic E-state index is 4.00. The smallest absolute Gasteiger partial charge is 0.205 e. The molecule has 1 unspecified atom stereocenters. The Morgan fingerprint density at radius 1 is 1.43 bits per heavy atom. The first-order chi connectivity index (χ1) is 6.92. The average Bonchev–Trinajstić information content (AvgIpc) is 2.75. The zero-order valence-corrected chi connectivity index (χ0v) is 8.83.